The Morgan fingerprint density at radius 2 is 0.614 bits per heavy atom. The normalized spacial score (nSPS) is 13.1. The molecule has 10 heteroatoms. The highest BCUT2D eigenvalue weighted by atomic mass is 31.2. The van der Waals surface area contributed by atoms with E-state index in [9.17, 15) is 19.0 Å². The molecule has 1 N–H and O–H groups in total. The predicted octanol–water partition coefficient (Wildman–Crippen LogP) is 25.6. The van der Waals surface area contributed by atoms with Crippen LogP contribution in [-0.2, 0) is 32.7 Å². The molecular formula is C78H153NO8P+. The summed E-state index contributed by atoms with van der Waals surface area (Å²) in [6, 6.07) is 0. The van der Waals surface area contributed by atoms with Gasteiger partial charge >= 0.3 is 19.8 Å². The van der Waals surface area contributed by atoms with E-state index in [0.717, 1.165) is 38.5 Å². The van der Waals surface area contributed by atoms with Crippen LogP contribution in [0.2, 0.25) is 0 Å². The molecule has 0 rings (SSSR count). The summed E-state index contributed by atoms with van der Waals surface area (Å²) in [5.74, 6) is -0.772. The van der Waals surface area contributed by atoms with Crippen LogP contribution < -0.4 is 0 Å². The van der Waals surface area contributed by atoms with Gasteiger partial charge in [-0.1, -0.05) is 378 Å². The number of allylic oxidation sites excluding steroid dienone is 4. The lowest BCUT2D eigenvalue weighted by Crippen LogP contribution is -2.37. The molecule has 88 heavy (non-hydrogen) atoms. The van der Waals surface area contributed by atoms with E-state index in [1.54, 1.807) is 0 Å². The summed E-state index contributed by atoms with van der Waals surface area (Å²) < 4.78 is 34.8. The largest absolute Gasteiger partial charge is 0.472 e. The van der Waals surface area contributed by atoms with Crippen molar-refractivity contribution in [3.8, 4) is 0 Å². The fourth-order valence-electron chi connectivity index (χ4n) is 12.0. The number of carbonyl (C=O) groups is 2. The highest BCUT2D eigenvalue weighted by Crippen LogP contribution is 2.43. The minimum Gasteiger partial charge on any atom is -0.462 e. The third-order valence-corrected chi connectivity index (χ3v) is 19.0. The number of esters is 2. The van der Waals surface area contributed by atoms with E-state index in [2.05, 4.69) is 38.2 Å². The summed E-state index contributed by atoms with van der Waals surface area (Å²) >= 11 is 0. The third kappa shape index (κ3) is 73.5. The van der Waals surface area contributed by atoms with E-state index in [1.165, 1.54) is 340 Å². The van der Waals surface area contributed by atoms with E-state index in [4.69, 9.17) is 18.5 Å². The molecule has 0 aromatic heterocycles. The minimum atomic E-state index is -4.39. The minimum absolute atomic E-state index is 0.0353. The zero-order valence-electron chi connectivity index (χ0n) is 59.8. The van der Waals surface area contributed by atoms with E-state index in [-0.39, 0.29) is 25.6 Å². The van der Waals surface area contributed by atoms with Crippen LogP contribution >= 0.6 is 7.82 Å². The maximum Gasteiger partial charge on any atom is 0.472 e. The van der Waals surface area contributed by atoms with Gasteiger partial charge in [-0.05, 0) is 44.9 Å². The van der Waals surface area contributed by atoms with E-state index >= 15 is 0 Å². The zero-order valence-corrected chi connectivity index (χ0v) is 60.6. The molecule has 9 nitrogen and oxygen atoms in total. The Kier molecular flexibility index (Phi) is 68.6. The second-order valence-corrected chi connectivity index (χ2v) is 29.6. The molecule has 0 aliphatic rings. The van der Waals surface area contributed by atoms with Gasteiger partial charge in [-0.25, -0.2) is 4.57 Å². The number of nitrogens with zero attached hydrogens (tertiary/aromatic N) is 1. The molecule has 2 atom stereocenters. The molecule has 0 aliphatic heterocycles. The van der Waals surface area contributed by atoms with Gasteiger partial charge in [-0.3, -0.25) is 18.6 Å². The molecule has 0 aromatic carbocycles. The number of hydrogen-bond acceptors (Lipinski definition) is 7. The third-order valence-electron chi connectivity index (χ3n) is 18.0. The topological polar surface area (TPSA) is 108 Å². The SMILES string of the molecule is CCCCCCC/C=C\C/C=C\CCCCCCCCCCCCCCCCCC(=O)OC(COC(=O)CCCCCCCCCCCCCCCCCCCCCCCCCCCCCCCCCCCCCCC)COP(=O)(O)OCC[N+](C)(C)C. The lowest BCUT2D eigenvalue weighted by Gasteiger charge is -2.24. The van der Waals surface area contributed by atoms with Gasteiger partial charge in [0.2, 0.25) is 0 Å². The van der Waals surface area contributed by atoms with Crippen LogP contribution in [0.1, 0.15) is 412 Å². The van der Waals surface area contributed by atoms with E-state index in [0.29, 0.717) is 23.9 Å². The molecule has 0 saturated carbocycles. The molecule has 0 fully saturated rings. The lowest BCUT2D eigenvalue weighted by molar-refractivity contribution is -0.870. The van der Waals surface area contributed by atoms with Gasteiger partial charge in [0, 0.05) is 12.8 Å². The average Bonchev–Trinajstić information content (AvgIpc) is 3.60. The van der Waals surface area contributed by atoms with Crippen molar-refractivity contribution >= 4 is 19.8 Å². The smallest absolute Gasteiger partial charge is 0.462 e. The number of rotatable bonds is 74. The molecule has 0 spiro atoms. The Morgan fingerprint density at radius 1 is 0.352 bits per heavy atom. The molecular weight excluding hydrogens is 1110 g/mol. The molecule has 0 heterocycles. The monoisotopic (exact) mass is 1260 g/mol. The van der Waals surface area contributed by atoms with Crippen molar-refractivity contribution < 1.29 is 42.1 Å². The maximum atomic E-state index is 12.9. The maximum absolute atomic E-state index is 12.9. The summed E-state index contributed by atoms with van der Waals surface area (Å²) in [6.07, 6.45) is 89.0. The van der Waals surface area contributed by atoms with Crippen LogP contribution in [0.15, 0.2) is 24.3 Å². The van der Waals surface area contributed by atoms with Crippen molar-refractivity contribution in [2.45, 2.75) is 418 Å². The summed E-state index contributed by atoms with van der Waals surface area (Å²) in [4.78, 5) is 35.9. The second kappa shape index (κ2) is 69.8. The van der Waals surface area contributed by atoms with Crippen molar-refractivity contribution in [3.63, 3.8) is 0 Å². The zero-order chi connectivity index (χ0) is 64.1. The van der Waals surface area contributed by atoms with Gasteiger partial charge in [0.15, 0.2) is 6.10 Å². The first-order valence-electron chi connectivity index (χ1n) is 39.1. The molecule has 522 valence electrons. The summed E-state index contributed by atoms with van der Waals surface area (Å²) in [7, 11) is 1.50. The van der Waals surface area contributed by atoms with Gasteiger partial charge in [0.05, 0.1) is 27.7 Å². The molecule has 0 amide bonds. The first-order chi connectivity index (χ1) is 43.0. The Bertz CT molecular complexity index is 1530. The summed E-state index contributed by atoms with van der Waals surface area (Å²) in [5.41, 5.74) is 0. The molecule has 0 radical (unpaired) electrons. The number of hydrogen-bond donors (Lipinski definition) is 1. The highest BCUT2D eigenvalue weighted by molar-refractivity contribution is 7.47. The molecule has 2 unspecified atom stereocenters. The van der Waals surface area contributed by atoms with Crippen molar-refractivity contribution in [2.24, 2.45) is 0 Å². The lowest BCUT2D eigenvalue weighted by atomic mass is 10.0. The van der Waals surface area contributed by atoms with E-state index < -0.39 is 26.5 Å². The van der Waals surface area contributed by atoms with Gasteiger partial charge in [0.25, 0.3) is 0 Å². The van der Waals surface area contributed by atoms with Gasteiger partial charge < -0.3 is 18.9 Å². The van der Waals surface area contributed by atoms with Gasteiger partial charge in [-0.2, -0.15) is 0 Å². The van der Waals surface area contributed by atoms with Crippen molar-refractivity contribution in [3.05, 3.63) is 24.3 Å². The average molecular weight is 1260 g/mol. The van der Waals surface area contributed by atoms with Crippen molar-refractivity contribution in [2.75, 3.05) is 47.5 Å². The predicted molar refractivity (Wildman–Crippen MR) is 381 cm³/mol. The van der Waals surface area contributed by atoms with Crippen LogP contribution in [0.3, 0.4) is 0 Å². The Labute approximate surface area is 549 Å². The Balaban J connectivity index is 3.89. The fraction of sp³-hybridized carbons (Fsp3) is 0.923. The molecule has 0 aromatic rings. The Hall–Kier alpha value is -1.51. The van der Waals surface area contributed by atoms with Gasteiger partial charge in [0.1, 0.15) is 19.8 Å². The summed E-state index contributed by atoms with van der Waals surface area (Å²) in [5, 5.41) is 0. The van der Waals surface area contributed by atoms with Gasteiger partial charge in [-0.15, -0.1) is 0 Å². The standard InChI is InChI=1S/C78H152NO8P/c1-6-8-10-12-14-16-18-20-22-24-26-28-30-32-34-35-36-37-38-39-40-41-42-43-45-46-48-50-52-54-56-58-60-62-64-66-68-70-77(80)84-74-76(75-86-88(82,83)85-73-72-79(3,4)5)87-78(81)71-69-67-65-63-61-59-57-55-53-51-49-47-44-33-31-29-27-25-23-21-19-17-15-13-11-9-7-2/h19,21,25,27,76H,6-18,20,22-24,26,28-75H2,1-5H3/p+1/b21-19-,27-25-. The highest BCUT2D eigenvalue weighted by Gasteiger charge is 2.27. The van der Waals surface area contributed by atoms with Crippen LogP contribution in [0, 0.1) is 0 Å². The Morgan fingerprint density at radius 3 is 0.898 bits per heavy atom. The number of carbonyl (C=O) groups excluding carboxylic acids is 2. The quantitative estimate of drug-likeness (QED) is 0.0211. The number of phosphoric acid groups is 1. The number of phosphoric ester groups is 1. The first-order valence-corrected chi connectivity index (χ1v) is 40.6. The molecule has 0 bridgehead atoms. The number of unbranched alkanes of at least 4 members (excludes halogenated alkanes) is 56. The summed E-state index contributed by atoms with van der Waals surface area (Å²) in [6.45, 7) is 4.51. The fourth-order valence-corrected chi connectivity index (χ4v) is 12.7. The number of ether oxygens (including phenoxy) is 2. The van der Waals surface area contributed by atoms with E-state index in [1.807, 2.05) is 21.1 Å². The van der Waals surface area contributed by atoms with Crippen LogP contribution in [0.25, 0.3) is 0 Å². The number of quaternary nitrogens is 1. The van der Waals surface area contributed by atoms with Crippen LogP contribution in [-0.4, -0.2) is 74.9 Å². The first kappa shape index (κ1) is 86.5. The van der Waals surface area contributed by atoms with Crippen molar-refractivity contribution in [1.29, 1.82) is 0 Å². The van der Waals surface area contributed by atoms with Crippen molar-refractivity contribution in [1.82, 2.24) is 0 Å². The number of likely N-dealkylation sites (N-methyl/N-ethyl adjacent to an activating group) is 1. The van der Waals surface area contributed by atoms with Crippen LogP contribution in [0.4, 0.5) is 0 Å². The molecule has 0 saturated heterocycles. The second-order valence-electron chi connectivity index (χ2n) is 28.1. The van der Waals surface area contributed by atoms with Crippen LogP contribution in [0.5, 0.6) is 0 Å². The molecule has 0 aliphatic carbocycles.